The second kappa shape index (κ2) is 4.28. The number of rotatable bonds is 1. The first-order valence-electron chi connectivity index (χ1n) is 3.64. The number of alkyl halides is 3. The molecule has 1 rings (SSSR count). The second-order valence-electron chi connectivity index (χ2n) is 2.59. The average Bonchev–Trinajstić information content (AvgIpc) is 2.05. The van der Waals surface area contributed by atoms with E-state index in [0.717, 1.165) is 6.07 Å². The molecule has 1 amide bonds. The molecule has 0 aliphatic carbocycles. The summed E-state index contributed by atoms with van der Waals surface area (Å²) >= 11 is 10.3. The molecule has 0 saturated carbocycles. The molecule has 0 spiro atoms. The molecule has 0 fully saturated rings. The maximum absolute atomic E-state index is 12.3. The van der Waals surface area contributed by atoms with Gasteiger partial charge in [-0.05, 0) is 29.8 Å². The molecule has 1 aromatic carbocycles. The molecular formula is C8H4Cl2F3NO. The summed E-state index contributed by atoms with van der Waals surface area (Å²) in [4.78, 5) is 10.4. The molecule has 0 aromatic heterocycles. The van der Waals surface area contributed by atoms with Crippen LogP contribution in [0.2, 0.25) is 5.02 Å². The van der Waals surface area contributed by atoms with Crippen LogP contribution in [0.1, 0.15) is 5.56 Å². The number of nitrogens with one attached hydrogen (secondary N) is 1. The number of anilines is 1. The normalized spacial score (nSPS) is 11.3. The molecule has 0 bridgehead atoms. The lowest BCUT2D eigenvalue weighted by molar-refractivity contribution is -0.137. The highest BCUT2D eigenvalue weighted by Crippen LogP contribution is 2.36. The largest absolute Gasteiger partial charge is 0.417 e. The minimum Gasteiger partial charge on any atom is -0.312 e. The van der Waals surface area contributed by atoms with Gasteiger partial charge in [-0.3, -0.25) is 4.79 Å². The Labute approximate surface area is 93.0 Å². The van der Waals surface area contributed by atoms with Gasteiger partial charge < -0.3 is 5.32 Å². The van der Waals surface area contributed by atoms with Gasteiger partial charge >= 0.3 is 11.5 Å². The Morgan fingerprint density at radius 2 is 1.93 bits per heavy atom. The number of carbonyl (C=O) groups is 1. The lowest BCUT2D eigenvalue weighted by Gasteiger charge is -2.10. The van der Waals surface area contributed by atoms with Crippen molar-refractivity contribution in [2.45, 2.75) is 6.18 Å². The van der Waals surface area contributed by atoms with Crippen LogP contribution in [0.15, 0.2) is 18.2 Å². The summed E-state index contributed by atoms with van der Waals surface area (Å²) in [6.45, 7) is 0. The number of carbonyl (C=O) groups excluding carboxylic acids is 1. The average molecular weight is 258 g/mol. The van der Waals surface area contributed by atoms with Gasteiger partial charge in [-0.1, -0.05) is 11.6 Å². The first-order chi connectivity index (χ1) is 6.80. The zero-order valence-corrected chi connectivity index (χ0v) is 8.54. The van der Waals surface area contributed by atoms with Gasteiger partial charge in [0.25, 0.3) is 0 Å². The third-order valence-corrected chi connectivity index (χ3v) is 1.94. The van der Waals surface area contributed by atoms with E-state index < -0.39 is 22.1 Å². The van der Waals surface area contributed by atoms with Crippen LogP contribution < -0.4 is 5.32 Å². The Bertz CT molecular complexity index is 392. The minimum absolute atomic E-state index is 0.0632. The zero-order chi connectivity index (χ0) is 11.6. The molecule has 1 aromatic rings. The van der Waals surface area contributed by atoms with Crippen LogP contribution in [0.5, 0.6) is 0 Å². The van der Waals surface area contributed by atoms with Gasteiger partial charge in [-0.25, -0.2) is 0 Å². The molecule has 0 saturated heterocycles. The SMILES string of the molecule is O=C(Cl)Nc1ccc(Cl)c(C(F)(F)F)c1. The number of hydrogen-bond acceptors (Lipinski definition) is 1. The third-order valence-electron chi connectivity index (χ3n) is 1.51. The fraction of sp³-hybridized carbons (Fsp3) is 0.125. The lowest BCUT2D eigenvalue weighted by Crippen LogP contribution is -2.08. The maximum Gasteiger partial charge on any atom is 0.417 e. The molecule has 0 radical (unpaired) electrons. The Hall–Kier alpha value is -0.940. The molecule has 1 N–H and O–H groups in total. The van der Waals surface area contributed by atoms with E-state index in [0.29, 0.717) is 6.07 Å². The van der Waals surface area contributed by atoms with Gasteiger partial charge in [0.2, 0.25) is 0 Å². The minimum atomic E-state index is -4.57. The van der Waals surface area contributed by atoms with Crippen molar-refractivity contribution in [1.29, 1.82) is 0 Å². The molecule has 82 valence electrons. The predicted octanol–water partition coefficient (Wildman–Crippen LogP) is 4.13. The van der Waals surface area contributed by atoms with Crippen LogP contribution in [0.4, 0.5) is 23.7 Å². The van der Waals surface area contributed by atoms with E-state index >= 15 is 0 Å². The molecular weight excluding hydrogens is 254 g/mol. The quantitative estimate of drug-likeness (QED) is 0.595. The van der Waals surface area contributed by atoms with Gasteiger partial charge in [0.15, 0.2) is 0 Å². The topological polar surface area (TPSA) is 29.1 Å². The van der Waals surface area contributed by atoms with Gasteiger partial charge in [-0.15, -0.1) is 0 Å². The summed E-state index contributed by atoms with van der Waals surface area (Å²) in [5.74, 6) is 0. The first kappa shape index (κ1) is 12.1. The van der Waals surface area contributed by atoms with Crippen molar-refractivity contribution < 1.29 is 18.0 Å². The van der Waals surface area contributed by atoms with E-state index in [1.54, 1.807) is 0 Å². The highest BCUT2D eigenvalue weighted by Gasteiger charge is 2.33. The van der Waals surface area contributed by atoms with Crippen molar-refractivity contribution in [1.82, 2.24) is 0 Å². The molecule has 0 atom stereocenters. The summed E-state index contributed by atoms with van der Waals surface area (Å²) < 4.78 is 37.0. The van der Waals surface area contributed by atoms with Crippen molar-refractivity contribution in [3.63, 3.8) is 0 Å². The van der Waals surface area contributed by atoms with Crippen molar-refractivity contribution in [3.05, 3.63) is 28.8 Å². The van der Waals surface area contributed by atoms with E-state index in [1.807, 2.05) is 5.32 Å². The van der Waals surface area contributed by atoms with E-state index in [4.69, 9.17) is 23.2 Å². The molecule has 15 heavy (non-hydrogen) atoms. The van der Waals surface area contributed by atoms with Crippen molar-refractivity contribution in [3.8, 4) is 0 Å². The van der Waals surface area contributed by atoms with Crippen molar-refractivity contribution >= 4 is 34.3 Å². The smallest absolute Gasteiger partial charge is 0.312 e. The molecule has 0 heterocycles. The fourth-order valence-corrected chi connectivity index (χ4v) is 1.27. The third kappa shape index (κ3) is 3.28. The Kier molecular flexibility index (Phi) is 3.46. The first-order valence-corrected chi connectivity index (χ1v) is 4.39. The van der Waals surface area contributed by atoms with Crippen LogP contribution in [-0.2, 0) is 6.18 Å². The number of benzene rings is 1. The summed E-state index contributed by atoms with van der Waals surface area (Å²) in [5, 5.41) is 0.610. The molecule has 0 unspecified atom stereocenters. The van der Waals surface area contributed by atoms with Gasteiger partial charge in [0, 0.05) is 5.69 Å². The molecule has 7 heteroatoms. The molecule has 0 aliphatic rings. The molecule has 0 aliphatic heterocycles. The van der Waals surface area contributed by atoms with Crippen LogP contribution >= 0.6 is 23.2 Å². The van der Waals surface area contributed by atoms with Crippen LogP contribution in [0.25, 0.3) is 0 Å². The second-order valence-corrected chi connectivity index (χ2v) is 3.34. The van der Waals surface area contributed by atoms with E-state index in [9.17, 15) is 18.0 Å². The van der Waals surface area contributed by atoms with E-state index in [2.05, 4.69) is 0 Å². The Morgan fingerprint density at radius 1 is 1.33 bits per heavy atom. The number of halogens is 5. The predicted molar refractivity (Wildman–Crippen MR) is 51.3 cm³/mol. The molecule has 2 nitrogen and oxygen atoms in total. The highest BCUT2D eigenvalue weighted by atomic mass is 35.5. The number of amides is 1. The summed E-state index contributed by atoms with van der Waals surface area (Å²) in [7, 11) is 0. The Morgan fingerprint density at radius 3 is 2.40 bits per heavy atom. The van der Waals surface area contributed by atoms with Gasteiger partial charge in [0.05, 0.1) is 10.6 Å². The van der Waals surface area contributed by atoms with Gasteiger partial charge in [-0.2, -0.15) is 13.2 Å². The summed E-state index contributed by atoms with van der Waals surface area (Å²) in [6, 6.07) is 2.97. The monoisotopic (exact) mass is 257 g/mol. The van der Waals surface area contributed by atoms with Crippen LogP contribution in [-0.4, -0.2) is 5.37 Å². The van der Waals surface area contributed by atoms with E-state index in [-0.39, 0.29) is 5.69 Å². The maximum atomic E-state index is 12.3. The van der Waals surface area contributed by atoms with Gasteiger partial charge in [0.1, 0.15) is 0 Å². The van der Waals surface area contributed by atoms with E-state index in [1.165, 1.54) is 6.07 Å². The Balaban J connectivity index is 3.11. The van der Waals surface area contributed by atoms with Crippen LogP contribution in [0, 0.1) is 0 Å². The van der Waals surface area contributed by atoms with Crippen molar-refractivity contribution in [2.75, 3.05) is 5.32 Å². The highest BCUT2D eigenvalue weighted by molar-refractivity contribution is 6.65. The summed E-state index contributed by atoms with van der Waals surface area (Å²) in [5.41, 5.74) is -1.08. The fourth-order valence-electron chi connectivity index (χ4n) is 0.934. The number of hydrogen-bond donors (Lipinski definition) is 1. The zero-order valence-electron chi connectivity index (χ0n) is 7.03. The standard InChI is InChI=1S/C8H4Cl2F3NO/c9-6-2-1-4(14-7(10)15)3-5(6)8(11,12)13/h1-3H,(H,14,15). The van der Waals surface area contributed by atoms with Crippen LogP contribution in [0.3, 0.4) is 0 Å². The summed E-state index contributed by atoms with van der Waals surface area (Å²) in [6.07, 6.45) is -4.57. The lowest BCUT2D eigenvalue weighted by atomic mass is 10.2. The van der Waals surface area contributed by atoms with Crippen molar-refractivity contribution in [2.24, 2.45) is 0 Å².